The first-order chi connectivity index (χ1) is 56.0. The third-order valence-electron chi connectivity index (χ3n) is 19.2. The number of epoxide rings is 1. The van der Waals surface area contributed by atoms with Crippen molar-refractivity contribution in [2.75, 3.05) is 185 Å². The molecule has 16 rings (SSSR count). The quantitative estimate of drug-likeness (QED) is 0.0107. The summed E-state index contributed by atoms with van der Waals surface area (Å²) in [4.78, 5) is 143. The molecule has 39 heteroatoms. The summed E-state index contributed by atoms with van der Waals surface area (Å²) < 4.78 is 103. The monoisotopic (exact) mass is 1760 g/mol. The van der Waals surface area contributed by atoms with Crippen molar-refractivity contribution in [1.29, 1.82) is 0 Å². The van der Waals surface area contributed by atoms with Crippen molar-refractivity contribution >= 4 is 111 Å². The van der Waals surface area contributed by atoms with Gasteiger partial charge in [0.05, 0.1) is 166 Å². The third-order valence-corrected chi connectivity index (χ3v) is 19.2. The molecule has 634 valence electrons. The van der Waals surface area contributed by atoms with Crippen LogP contribution in [0.4, 0.5) is 77.4 Å². The second-order valence-corrected chi connectivity index (χ2v) is 27.0. The number of imide groups is 2. The van der Waals surface area contributed by atoms with Gasteiger partial charge in [-0.25, -0.2) is 36.7 Å². The molecule has 7 amide bonds. The minimum absolute atomic E-state index is 0. The number of esters is 2. The maximum absolute atomic E-state index is 14.7. The average molecular weight is 1760 g/mol. The van der Waals surface area contributed by atoms with Crippen LogP contribution in [0.1, 0.15) is 75.0 Å². The van der Waals surface area contributed by atoms with Gasteiger partial charge in [0.1, 0.15) is 47.4 Å². The van der Waals surface area contributed by atoms with E-state index in [0.717, 1.165) is 4.90 Å². The fraction of sp³-hybridized carbons (Fsp3) is 0.405. The van der Waals surface area contributed by atoms with Crippen LogP contribution in [0.5, 0.6) is 0 Å². The fourth-order valence-corrected chi connectivity index (χ4v) is 13.4. The van der Waals surface area contributed by atoms with Crippen molar-refractivity contribution in [3.8, 4) is 0 Å². The second kappa shape index (κ2) is 44.5. The molecule has 10 aliphatic rings. The summed E-state index contributed by atoms with van der Waals surface area (Å²) in [6, 6.07) is 32.1. The van der Waals surface area contributed by atoms with E-state index in [4.69, 9.17) is 43.6 Å². The molecule has 0 unspecified atom stereocenters. The number of hydrogen-bond donors (Lipinski definition) is 3. The number of hydrazine groups is 1. The summed E-state index contributed by atoms with van der Waals surface area (Å²) >= 11 is 0. The van der Waals surface area contributed by atoms with Crippen LogP contribution in [-0.2, 0) is 61.8 Å². The van der Waals surface area contributed by atoms with Gasteiger partial charge in [-0.3, -0.25) is 65.0 Å². The number of hydrogen-bond acceptors (Lipinski definition) is 28. The Morgan fingerprint density at radius 3 is 1.05 bits per heavy atom. The summed E-state index contributed by atoms with van der Waals surface area (Å²) in [7, 11) is 0. The molecule has 8 fully saturated rings. The molecular weight excluding hydrogens is 1670 g/mol. The lowest BCUT2D eigenvalue weighted by Gasteiger charge is -2.29. The Bertz CT molecular complexity index is 4520. The smallest absolute Gasteiger partial charge is 0.414 e. The molecule has 0 spiro atoms. The molecule has 10 aliphatic heterocycles. The van der Waals surface area contributed by atoms with Crippen molar-refractivity contribution in [2.45, 2.75) is 58.0 Å². The summed E-state index contributed by atoms with van der Waals surface area (Å²) in [5, 5.41) is 0. The number of morpholine rings is 4. The van der Waals surface area contributed by atoms with E-state index in [0.29, 0.717) is 206 Å². The minimum atomic E-state index is -0.698. The Balaban J connectivity index is 0.000000182. The number of halogens is 5. The highest BCUT2D eigenvalue weighted by molar-refractivity contribution is 6.22. The molecule has 8 N–H and O–H groups in total. The normalized spacial score (nSPS) is 19.4. The number of carbonyl (C=O) groups is 10. The molecule has 34 nitrogen and oxygen atoms in total. The molecular formula is C79H91F4IN13O21-. The van der Waals surface area contributed by atoms with Crippen LogP contribution in [0.3, 0.4) is 0 Å². The standard InChI is InChI=1S/C22H20FN3O5.C17H21FN2O4.C14H18FN3O3.C11H11FN2O2.C11H9NO3.C4H6O3.HI.H4N2.H2O/c23-18-11-14(5-6-19(18)24-7-9-30-10-8-24)25-12-15(31-22(25)29)13-26-20(27)16-3-1-2-4-17(16)21(26)28;1-12(21)2-4-14-11-20(17(22)24-14)13-3-5-16(15(18)10-13)19-6-8-23-9-7-19;15-12-7-10(18-9-11(8-16)21-14(18)19)1-2-13(12)17-3-5-20-6-4-17;12-10-7-9(13-8-15)1-2-11(10)14-3-5-16-6-4-14;13-10-8-3-1-2-4-9(8)11(14)12(10)5-7-6-15-7;1-3(5)7-4(2)6;;1-2;/h1-6,11,15H,7-10,12-13H2;3,5,10,14H,2,4,6-9,11H2,1H3;1-2,7,11H,3-6,8-9,16H2;1-2,7H,3-6H2;1-4,7H,5-6H2;1-2H3;1H;1-2H2;1H2/p-1/t15-;14-;11-;;7-;;;;/m100.0..../s1. The van der Waals surface area contributed by atoms with Crippen molar-refractivity contribution in [3.05, 3.63) is 167 Å². The summed E-state index contributed by atoms with van der Waals surface area (Å²) in [5.74, 6) is 4.19. The van der Waals surface area contributed by atoms with Gasteiger partial charge in [0.25, 0.3) is 23.6 Å². The van der Waals surface area contributed by atoms with E-state index in [1.54, 1.807) is 97.1 Å². The second-order valence-electron chi connectivity index (χ2n) is 27.0. The van der Waals surface area contributed by atoms with Crippen molar-refractivity contribution < 1.29 is 142 Å². The number of aliphatic imine (C=N–C) groups is 1. The summed E-state index contributed by atoms with van der Waals surface area (Å²) in [6.45, 7) is 15.7. The maximum Gasteiger partial charge on any atom is 0.414 e. The molecule has 0 aromatic heterocycles. The van der Waals surface area contributed by atoms with Crippen LogP contribution < -0.4 is 75.7 Å². The highest BCUT2D eigenvalue weighted by atomic mass is 127. The highest BCUT2D eigenvalue weighted by Gasteiger charge is 2.43. The number of carbonyl (C=O) groups excluding carboxylic acids is 11. The number of anilines is 7. The van der Waals surface area contributed by atoms with Crippen molar-refractivity contribution in [2.24, 2.45) is 22.4 Å². The lowest BCUT2D eigenvalue weighted by Crippen LogP contribution is -3.00. The molecule has 0 aliphatic carbocycles. The lowest BCUT2D eigenvalue weighted by molar-refractivity contribution is -0.156. The van der Waals surface area contributed by atoms with Gasteiger partial charge in [-0.1, -0.05) is 24.3 Å². The molecule has 10 heterocycles. The Hall–Kier alpha value is -11.1. The number of benzene rings is 6. The van der Waals surface area contributed by atoms with Crippen molar-refractivity contribution in [3.63, 3.8) is 0 Å². The Morgan fingerprint density at radius 2 is 0.763 bits per heavy atom. The van der Waals surface area contributed by atoms with Gasteiger partial charge >= 0.3 is 30.2 Å². The number of amides is 7. The number of cyclic esters (lactones) is 3. The summed E-state index contributed by atoms with van der Waals surface area (Å²) in [6.07, 6.45) is -0.684. The van der Waals surface area contributed by atoms with Crippen molar-refractivity contribution in [1.82, 2.24) is 9.80 Å². The first-order valence-electron chi connectivity index (χ1n) is 37.2. The van der Waals surface area contributed by atoms with Crippen LogP contribution in [-0.4, -0.2) is 256 Å². The number of ether oxygens (including phenoxy) is 9. The zero-order valence-corrected chi connectivity index (χ0v) is 67.0. The maximum atomic E-state index is 14.7. The third kappa shape index (κ3) is 24.3. The van der Waals surface area contributed by atoms with E-state index in [-0.39, 0.29) is 108 Å². The highest BCUT2D eigenvalue weighted by Crippen LogP contribution is 2.35. The first-order valence-corrected chi connectivity index (χ1v) is 37.2. The SMILES string of the molecule is CC(=O)CC[C@H]1CN(c2ccc(N3CCOCC3)c(F)c2)C(=O)O1.CC(=O)OC(C)=O.NC[C@H]1CN(c2ccc(N3CCOCC3)c(F)c2)C(=O)O1.NN.O.O=C1c2ccccc2C(=O)N1C[C@H]1CN(c2ccc(N3CCOCC3)c(F)c2)C(=O)O1.O=C1c2ccccc2C(=O)N1C[C@H]1CO1.O=C=Nc1ccc(N2CCOCC2)c(F)c1.[I-]. The van der Waals surface area contributed by atoms with Gasteiger partial charge in [0, 0.05) is 85.2 Å². The van der Waals surface area contributed by atoms with Gasteiger partial charge < -0.3 is 102 Å². The Labute approximate surface area is 692 Å². The minimum Gasteiger partial charge on any atom is -1.00 e. The molecule has 0 saturated carbocycles. The molecule has 6 aromatic rings. The molecule has 8 saturated heterocycles. The van der Waals surface area contributed by atoms with Crippen LogP contribution in [0.15, 0.2) is 126 Å². The zero-order chi connectivity index (χ0) is 83.1. The number of ketones is 1. The van der Waals surface area contributed by atoms with E-state index in [1.807, 2.05) is 19.6 Å². The number of isocyanates is 1. The van der Waals surface area contributed by atoms with E-state index < -0.39 is 54.0 Å². The van der Waals surface area contributed by atoms with Gasteiger partial charge in [0.2, 0.25) is 6.08 Å². The topological polar surface area (TPSA) is 425 Å². The number of nitrogens with zero attached hydrogens (tertiary/aromatic N) is 10. The predicted molar refractivity (Wildman–Crippen MR) is 415 cm³/mol. The Kier molecular flexibility index (Phi) is 34.8. The predicted octanol–water partition coefficient (Wildman–Crippen LogP) is 2.99. The molecule has 4 atom stereocenters. The van der Waals surface area contributed by atoms with Crippen LogP contribution in [0.25, 0.3) is 0 Å². The largest absolute Gasteiger partial charge is 1.00 e. The molecule has 6 aromatic carbocycles. The van der Waals surface area contributed by atoms with E-state index >= 15 is 0 Å². The Morgan fingerprint density at radius 1 is 0.458 bits per heavy atom. The van der Waals surface area contributed by atoms with Crippen LogP contribution in [0.2, 0.25) is 0 Å². The van der Waals surface area contributed by atoms with Gasteiger partial charge in [0.15, 0.2) is 0 Å². The average Bonchev–Trinajstić information content (AvgIpc) is 1.63. The number of Topliss-reactive ketones (excluding diaryl/α,β-unsaturated/α-hetero) is 1. The van der Waals surface area contributed by atoms with Crippen LogP contribution >= 0.6 is 0 Å². The van der Waals surface area contributed by atoms with Gasteiger partial charge in [-0.15, -0.1) is 0 Å². The lowest BCUT2D eigenvalue weighted by atomic mass is 10.1. The zero-order valence-electron chi connectivity index (χ0n) is 64.8. The van der Waals surface area contributed by atoms with E-state index in [2.05, 4.69) is 21.4 Å². The van der Waals surface area contributed by atoms with E-state index in [9.17, 15) is 70.3 Å². The van der Waals surface area contributed by atoms with Crippen LogP contribution in [0, 0.1) is 23.3 Å². The number of rotatable bonds is 16. The summed E-state index contributed by atoms with van der Waals surface area (Å²) in [5.41, 5.74) is 10.8. The molecule has 0 bridgehead atoms. The molecule has 118 heavy (non-hydrogen) atoms. The van der Waals surface area contributed by atoms with Gasteiger partial charge in [-0.2, -0.15) is 4.99 Å². The molecule has 0 radical (unpaired) electrons. The number of nitrogens with two attached hydrogens (primary N) is 3. The van der Waals surface area contributed by atoms with Gasteiger partial charge in [-0.05, 0) is 104 Å². The number of fused-ring (bicyclic) bond motifs is 2. The fourth-order valence-electron chi connectivity index (χ4n) is 13.4. The van der Waals surface area contributed by atoms with E-state index in [1.165, 1.54) is 70.7 Å². The first kappa shape index (κ1) is 92.4.